The highest BCUT2D eigenvalue weighted by Gasteiger charge is 2.22. The van der Waals surface area contributed by atoms with Gasteiger partial charge in [-0.25, -0.2) is 4.79 Å². The summed E-state index contributed by atoms with van der Waals surface area (Å²) in [5, 5.41) is 21.4. The number of thioether (sulfide) groups is 1. The fraction of sp³-hybridized carbons (Fsp3) is 0.217. The summed E-state index contributed by atoms with van der Waals surface area (Å²) in [4.78, 5) is 27.2. The maximum atomic E-state index is 12.4. The molecule has 0 spiro atoms. The van der Waals surface area contributed by atoms with Crippen molar-refractivity contribution in [3.63, 3.8) is 0 Å². The number of nitrogens with one attached hydrogen (secondary N) is 2. The van der Waals surface area contributed by atoms with Gasteiger partial charge in [0.25, 0.3) is 5.22 Å². The molecule has 0 aliphatic carbocycles. The molecule has 0 saturated carbocycles. The topological polar surface area (TPSA) is 121 Å². The summed E-state index contributed by atoms with van der Waals surface area (Å²) in [5.41, 5.74) is 4.74. The molecule has 0 fully saturated rings. The smallest absolute Gasteiger partial charge is 0.326 e. The number of nitrogens with zero attached hydrogens (tertiary/aromatic N) is 2. The molecule has 1 amide bonds. The van der Waals surface area contributed by atoms with Crippen molar-refractivity contribution in [2.45, 2.75) is 31.5 Å². The zero-order valence-electron chi connectivity index (χ0n) is 17.6. The van der Waals surface area contributed by atoms with E-state index in [4.69, 9.17) is 4.42 Å². The van der Waals surface area contributed by atoms with Gasteiger partial charge in [0.15, 0.2) is 0 Å². The standard InChI is InChI=1S/C23H22N4O4S/c1-13-7-14(2)9-15(8-13)21-26-27-23(31-21)32-12-20(28)25-19(22(29)30)10-16-11-24-18-6-4-3-5-17(16)18/h3-9,11,19,24H,10,12H2,1-2H3,(H,25,28)(H,29,30)/t19-/m0/s1. The van der Waals surface area contributed by atoms with Crippen LogP contribution in [-0.2, 0) is 16.0 Å². The molecule has 8 nitrogen and oxygen atoms in total. The fourth-order valence-electron chi connectivity index (χ4n) is 3.57. The van der Waals surface area contributed by atoms with Gasteiger partial charge in [0.2, 0.25) is 11.8 Å². The third-order valence-corrected chi connectivity index (χ3v) is 5.75. The van der Waals surface area contributed by atoms with E-state index in [-0.39, 0.29) is 17.4 Å². The highest BCUT2D eigenvalue weighted by atomic mass is 32.2. The Bertz CT molecular complexity index is 1260. The maximum absolute atomic E-state index is 12.4. The van der Waals surface area contributed by atoms with E-state index in [9.17, 15) is 14.7 Å². The molecule has 164 valence electrons. The molecule has 2 heterocycles. The summed E-state index contributed by atoms with van der Waals surface area (Å²) in [6.45, 7) is 3.98. The molecule has 4 aromatic rings. The zero-order chi connectivity index (χ0) is 22.7. The third-order valence-electron chi connectivity index (χ3n) is 4.93. The van der Waals surface area contributed by atoms with Gasteiger partial charge in [-0.05, 0) is 37.6 Å². The molecule has 0 radical (unpaired) electrons. The molecular formula is C23H22N4O4S. The summed E-state index contributed by atoms with van der Waals surface area (Å²) in [6.07, 6.45) is 1.95. The minimum Gasteiger partial charge on any atom is -0.480 e. The number of aromatic nitrogens is 3. The van der Waals surface area contributed by atoms with E-state index >= 15 is 0 Å². The number of carbonyl (C=O) groups excluding carboxylic acids is 1. The molecule has 0 aliphatic rings. The number of benzene rings is 2. The number of carboxylic acids is 1. The number of hydrogen-bond donors (Lipinski definition) is 3. The number of hydrogen-bond acceptors (Lipinski definition) is 6. The Balaban J connectivity index is 1.37. The number of carbonyl (C=O) groups is 2. The Kier molecular flexibility index (Phi) is 6.27. The predicted molar refractivity (Wildman–Crippen MR) is 122 cm³/mol. The number of H-pyrrole nitrogens is 1. The second kappa shape index (κ2) is 9.27. The molecule has 1 atom stereocenters. The molecule has 2 aromatic carbocycles. The monoisotopic (exact) mass is 450 g/mol. The number of aryl methyl sites for hydroxylation is 2. The van der Waals surface area contributed by atoms with Crippen molar-refractivity contribution in [2.75, 3.05) is 5.75 Å². The van der Waals surface area contributed by atoms with Gasteiger partial charge >= 0.3 is 5.97 Å². The van der Waals surface area contributed by atoms with Crippen LogP contribution in [0.2, 0.25) is 0 Å². The van der Waals surface area contributed by atoms with E-state index in [0.29, 0.717) is 5.89 Å². The van der Waals surface area contributed by atoms with E-state index in [1.54, 1.807) is 6.20 Å². The van der Waals surface area contributed by atoms with Crippen LogP contribution < -0.4 is 5.32 Å². The highest BCUT2D eigenvalue weighted by Crippen LogP contribution is 2.25. The van der Waals surface area contributed by atoms with Crippen molar-refractivity contribution in [1.82, 2.24) is 20.5 Å². The third kappa shape index (κ3) is 5.00. The van der Waals surface area contributed by atoms with Gasteiger partial charge in [0.05, 0.1) is 5.75 Å². The average molecular weight is 451 g/mol. The number of rotatable bonds is 8. The summed E-state index contributed by atoms with van der Waals surface area (Å²) in [7, 11) is 0. The predicted octanol–water partition coefficient (Wildman–Crippen LogP) is 3.74. The van der Waals surface area contributed by atoms with Crippen molar-refractivity contribution < 1.29 is 19.1 Å². The van der Waals surface area contributed by atoms with Crippen LogP contribution in [0.1, 0.15) is 16.7 Å². The number of aromatic amines is 1. The Morgan fingerprint density at radius 2 is 1.91 bits per heavy atom. The number of carboxylic acid groups (broad SMARTS) is 1. The van der Waals surface area contributed by atoms with Crippen LogP contribution in [0.4, 0.5) is 0 Å². The second-order valence-corrected chi connectivity index (χ2v) is 8.49. The molecule has 0 saturated heterocycles. The van der Waals surface area contributed by atoms with Gasteiger partial charge in [-0.3, -0.25) is 4.79 Å². The Morgan fingerprint density at radius 1 is 1.16 bits per heavy atom. The normalized spacial score (nSPS) is 12.1. The first-order chi connectivity index (χ1) is 15.4. The first kappa shape index (κ1) is 21.6. The lowest BCUT2D eigenvalue weighted by atomic mass is 10.1. The van der Waals surface area contributed by atoms with Crippen molar-refractivity contribution in [2.24, 2.45) is 0 Å². The van der Waals surface area contributed by atoms with Gasteiger partial charge in [0.1, 0.15) is 6.04 Å². The van der Waals surface area contributed by atoms with Crippen molar-refractivity contribution in [1.29, 1.82) is 0 Å². The van der Waals surface area contributed by atoms with Gasteiger partial charge in [-0.1, -0.05) is 47.2 Å². The summed E-state index contributed by atoms with van der Waals surface area (Å²) >= 11 is 1.07. The number of para-hydroxylation sites is 1. The van der Waals surface area contributed by atoms with Crippen LogP contribution >= 0.6 is 11.8 Å². The number of amides is 1. The van der Waals surface area contributed by atoms with Gasteiger partial charge in [-0.15, -0.1) is 10.2 Å². The SMILES string of the molecule is Cc1cc(C)cc(-c2nnc(SCC(=O)N[C@@H](Cc3c[nH]c4ccccc34)C(=O)O)o2)c1. The Morgan fingerprint density at radius 3 is 2.66 bits per heavy atom. The molecule has 3 N–H and O–H groups in total. The average Bonchev–Trinajstić information content (AvgIpc) is 3.38. The molecule has 32 heavy (non-hydrogen) atoms. The largest absolute Gasteiger partial charge is 0.480 e. The van der Waals surface area contributed by atoms with E-state index in [1.807, 2.05) is 50.2 Å². The fourth-order valence-corrected chi connectivity index (χ4v) is 4.14. The lowest BCUT2D eigenvalue weighted by molar-refractivity contribution is -0.141. The number of aliphatic carboxylic acids is 1. The quantitative estimate of drug-likeness (QED) is 0.350. The van der Waals surface area contributed by atoms with E-state index in [0.717, 1.165) is 44.9 Å². The second-order valence-electron chi connectivity index (χ2n) is 7.56. The van der Waals surface area contributed by atoms with Gasteiger partial charge < -0.3 is 19.8 Å². The van der Waals surface area contributed by atoms with Crippen LogP contribution in [0.25, 0.3) is 22.4 Å². The summed E-state index contributed by atoms with van der Waals surface area (Å²) in [6, 6.07) is 12.5. The van der Waals surface area contributed by atoms with Crippen LogP contribution in [0.3, 0.4) is 0 Å². The molecule has 4 rings (SSSR count). The zero-order valence-corrected chi connectivity index (χ0v) is 18.4. The Labute approximate surface area is 188 Å². The van der Waals surface area contributed by atoms with Crippen LogP contribution in [0.15, 0.2) is 58.3 Å². The molecule has 0 unspecified atom stereocenters. The van der Waals surface area contributed by atoms with Crippen LogP contribution in [0, 0.1) is 13.8 Å². The van der Waals surface area contributed by atoms with Crippen molar-refractivity contribution >= 4 is 34.5 Å². The first-order valence-electron chi connectivity index (χ1n) is 10.0. The van der Waals surface area contributed by atoms with Crippen LogP contribution in [0.5, 0.6) is 0 Å². The molecule has 9 heteroatoms. The van der Waals surface area contributed by atoms with Gasteiger partial charge in [0, 0.05) is 29.1 Å². The highest BCUT2D eigenvalue weighted by molar-refractivity contribution is 7.99. The van der Waals surface area contributed by atoms with Crippen molar-refractivity contribution in [3.8, 4) is 11.5 Å². The van der Waals surface area contributed by atoms with Gasteiger partial charge in [-0.2, -0.15) is 0 Å². The van der Waals surface area contributed by atoms with Crippen molar-refractivity contribution in [3.05, 3.63) is 65.4 Å². The summed E-state index contributed by atoms with van der Waals surface area (Å²) < 4.78 is 5.66. The summed E-state index contributed by atoms with van der Waals surface area (Å²) in [5.74, 6) is -1.18. The molecule has 2 aromatic heterocycles. The maximum Gasteiger partial charge on any atom is 0.326 e. The lowest BCUT2D eigenvalue weighted by Gasteiger charge is -2.13. The van der Waals surface area contributed by atoms with E-state index < -0.39 is 17.9 Å². The Hall–Kier alpha value is -3.59. The molecular weight excluding hydrogens is 428 g/mol. The minimum absolute atomic E-state index is 0.0356. The minimum atomic E-state index is -1.09. The molecule has 0 aliphatic heterocycles. The lowest BCUT2D eigenvalue weighted by Crippen LogP contribution is -2.43. The van der Waals surface area contributed by atoms with E-state index in [1.165, 1.54) is 0 Å². The number of fused-ring (bicyclic) bond motifs is 1. The van der Waals surface area contributed by atoms with Crippen LogP contribution in [-0.4, -0.2) is 44.0 Å². The van der Waals surface area contributed by atoms with E-state index in [2.05, 4.69) is 26.6 Å². The first-order valence-corrected chi connectivity index (χ1v) is 11.0. The molecule has 0 bridgehead atoms.